The summed E-state index contributed by atoms with van der Waals surface area (Å²) in [6, 6.07) is 6.45. The molecule has 1 aromatic carbocycles. The largest absolute Gasteiger partial charge is 0.496 e. The van der Waals surface area contributed by atoms with Gasteiger partial charge in [0.25, 0.3) is 0 Å². The Balaban J connectivity index is 1.64. The molecule has 0 aliphatic carbocycles. The highest BCUT2D eigenvalue weighted by Gasteiger charge is 2.35. The van der Waals surface area contributed by atoms with E-state index < -0.39 is 12.0 Å². The van der Waals surface area contributed by atoms with E-state index in [2.05, 4.69) is 22.2 Å². The first kappa shape index (κ1) is 29.3. The highest BCUT2D eigenvalue weighted by molar-refractivity contribution is 5.87. The maximum absolute atomic E-state index is 13.8. The van der Waals surface area contributed by atoms with E-state index in [0.717, 1.165) is 18.5 Å². The first-order valence-corrected chi connectivity index (χ1v) is 13.4. The van der Waals surface area contributed by atoms with Gasteiger partial charge < -0.3 is 29.7 Å². The minimum Gasteiger partial charge on any atom is -0.496 e. The molecule has 2 N–H and O–H groups in total. The number of carbonyl (C=O) groups excluding carboxylic acids is 2. The molecule has 0 bridgehead atoms. The number of hydrogen-bond donors (Lipinski definition) is 2. The molecule has 41 heavy (non-hydrogen) atoms. The molecule has 13 nitrogen and oxygen atoms in total. The number of carboxylic acid groups (broad SMARTS) is 1. The number of carboxylic acids is 1. The number of amides is 2. The number of carbonyl (C=O) groups is 3. The van der Waals surface area contributed by atoms with Crippen molar-refractivity contribution in [3.05, 3.63) is 54.2 Å². The Bertz CT molecular complexity index is 1340. The molecule has 218 valence electrons. The van der Waals surface area contributed by atoms with Gasteiger partial charge in [0.1, 0.15) is 29.7 Å². The molecule has 2 aromatic heterocycles. The van der Waals surface area contributed by atoms with Crippen LogP contribution in [0.25, 0.3) is 5.95 Å². The van der Waals surface area contributed by atoms with Crippen LogP contribution in [0.4, 0.5) is 5.82 Å². The van der Waals surface area contributed by atoms with Gasteiger partial charge in [0.15, 0.2) is 0 Å². The quantitative estimate of drug-likeness (QED) is 0.333. The molecule has 1 fully saturated rings. The number of rotatable bonds is 12. The summed E-state index contributed by atoms with van der Waals surface area (Å²) in [7, 11) is 3.09. The van der Waals surface area contributed by atoms with Crippen LogP contribution in [0.5, 0.6) is 11.5 Å². The number of ether oxygens (including phenoxy) is 2. The molecule has 0 spiro atoms. The van der Waals surface area contributed by atoms with Crippen molar-refractivity contribution in [3.63, 3.8) is 0 Å². The fourth-order valence-electron chi connectivity index (χ4n) is 4.77. The Morgan fingerprint density at radius 2 is 1.85 bits per heavy atom. The molecule has 1 saturated heterocycles. The molecule has 1 aliphatic heterocycles. The Labute approximate surface area is 238 Å². The van der Waals surface area contributed by atoms with Gasteiger partial charge in [-0.05, 0) is 18.6 Å². The normalized spacial score (nSPS) is 15.0. The van der Waals surface area contributed by atoms with Crippen molar-refractivity contribution in [2.45, 2.75) is 45.2 Å². The van der Waals surface area contributed by atoms with Gasteiger partial charge in [-0.3, -0.25) is 19.0 Å². The number of aromatic nitrogens is 4. The van der Waals surface area contributed by atoms with E-state index in [4.69, 9.17) is 19.6 Å². The summed E-state index contributed by atoms with van der Waals surface area (Å²) in [4.78, 5) is 54.6. The summed E-state index contributed by atoms with van der Waals surface area (Å²) in [6.07, 6.45) is 6.17. The molecule has 13 heteroatoms. The number of piperazine rings is 1. The van der Waals surface area contributed by atoms with Crippen molar-refractivity contribution in [1.29, 1.82) is 0 Å². The highest BCUT2D eigenvalue weighted by Crippen LogP contribution is 2.28. The second kappa shape index (κ2) is 13.6. The standard InChI is InChI=1S/C28H35N7O6/c1-4-6-19-15-24(32-28(31-19)34-12-11-29-18-34)35-14-13-33(25(36)9-10-26(37)38)17-21(35)27(39)30-16-20-22(40-2)7-5-8-23(20)41-3/h5,7-8,11-12,15,18,21H,4,6,9-10,13-14,16-17H2,1-3H3,(H,30,39)(H,37,38). The van der Waals surface area contributed by atoms with Gasteiger partial charge in [-0.15, -0.1) is 0 Å². The average molecular weight is 566 g/mol. The Morgan fingerprint density at radius 1 is 1.10 bits per heavy atom. The molecule has 0 radical (unpaired) electrons. The Kier molecular flexibility index (Phi) is 9.72. The van der Waals surface area contributed by atoms with E-state index in [1.165, 1.54) is 4.90 Å². The van der Waals surface area contributed by atoms with Crippen molar-refractivity contribution < 1.29 is 29.0 Å². The molecular weight excluding hydrogens is 530 g/mol. The minimum atomic E-state index is -1.05. The van der Waals surface area contributed by atoms with Crippen molar-refractivity contribution in [3.8, 4) is 17.4 Å². The molecule has 3 heterocycles. The van der Waals surface area contributed by atoms with Crippen LogP contribution in [0.2, 0.25) is 0 Å². The van der Waals surface area contributed by atoms with Gasteiger partial charge >= 0.3 is 5.97 Å². The molecule has 3 aromatic rings. The monoisotopic (exact) mass is 565 g/mol. The number of aryl methyl sites for hydroxylation is 1. The van der Waals surface area contributed by atoms with Gasteiger partial charge in [0.05, 0.1) is 39.3 Å². The first-order chi connectivity index (χ1) is 19.8. The maximum atomic E-state index is 13.8. The summed E-state index contributed by atoms with van der Waals surface area (Å²) < 4.78 is 12.6. The zero-order valence-corrected chi connectivity index (χ0v) is 23.4. The third-order valence-electron chi connectivity index (χ3n) is 6.85. The number of nitrogens with one attached hydrogen (secondary N) is 1. The minimum absolute atomic E-state index is 0.0703. The highest BCUT2D eigenvalue weighted by atomic mass is 16.5. The average Bonchev–Trinajstić information content (AvgIpc) is 3.53. The van der Waals surface area contributed by atoms with Crippen LogP contribution in [0.15, 0.2) is 43.0 Å². The van der Waals surface area contributed by atoms with E-state index in [-0.39, 0.29) is 37.7 Å². The topological polar surface area (TPSA) is 152 Å². The van der Waals surface area contributed by atoms with Crippen LogP contribution in [-0.2, 0) is 27.3 Å². The Morgan fingerprint density at radius 3 is 2.49 bits per heavy atom. The van der Waals surface area contributed by atoms with Crippen molar-refractivity contribution in [2.24, 2.45) is 0 Å². The lowest BCUT2D eigenvalue weighted by Gasteiger charge is -2.41. The predicted molar refractivity (Wildman–Crippen MR) is 149 cm³/mol. The smallest absolute Gasteiger partial charge is 0.303 e. The first-order valence-electron chi connectivity index (χ1n) is 13.4. The lowest BCUT2D eigenvalue weighted by Crippen LogP contribution is -2.60. The SMILES string of the molecule is CCCc1cc(N2CCN(C(=O)CCC(=O)O)CC2C(=O)NCc2c(OC)cccc2OC)nc(-n2ccnc2)n1. The molecule has 1 atom stereocenters. The molecule has 1 aliphatic rings. The second-order valence-electron chi connectivity index (χ2n) is 9.54. The molecule has 1 unspecified atom stereocenters. The number of nitrogens with zero attached hydrogens (tertiary/aromatic N) is 6. The summed E-state index contributed by atoms with van der Waals surface area (Å²) in [5, 5.41) is 12.0. The molecular formula is C28H35N7O6. The van der Waals surface area contributed by atoms with Gasteiger partial charge in [0, 0.05) is 43.7 Å². The number of methoxy groups -OCH3 is 2. The Hall–Kier alpha value is -4.68. The number of hydrogen-bond acceptors (Lipinski definition) is 9. The number of aliphatic carboxylic acids is 1. The van der Waals surface area contributed by atoms with Crippen LogP contribution in [0.3, 0.4) is 0 Å². The van der Waals surface area contributed by atoms with E-state index in [1.54, 1.807) is 55.7 Å². The van der Waals surface area contributed by atoms with Crippen LogP contribution in [0.1, 0.15) is 37.4 Å². The fraction of sp³-hybridized carbons (Fsp3) is 0.429. The summed E-state index contributed by atoms with van der Waals surface area (Å²) >= 11 is 0. The van der Waals surface area contributed by atoms with Gasteiger partial charge in [-0.1, -0.05) is 19.4 Å². The van der Waals surface area contributed by atoms with Gasteiger partial charge in [-0.25, -0.2) is 9.97 Å². The summed E-state index contributed by atoms with van der Waals surface area (Å²) in [5.74, 6) is 0.439. The van der Waals surface area contributed by atoms with Crippen LogP contribution in [0, 0.1) is 0 Å². The maximum Gasteiger partial charge on any atom is 0.303 e. The van der Waals surface area contributed by atoms with Crippen molar-refractivity contribution >= 4 is 23.6 Å². The van der Waals surface area contributed by atoms with E-state index in [1.807, 2.05) is 11.0 Å². The van der Waals surface area contributed by atoms with E-state index in [9.17, 15) is 14.4 Å². The van der Waals surface area contributed by atoms with Crippen LogP contribution in [-0.4, -0.2) is 87.2 Å². The summed E-state index contributed by atoms with van der Waals surface area (Å²) in [5.41, 5.74) is 1.50. The molecule has 0 saturated carbocycles. The number of anilines is 1. The fourth-order valence-corrected chi connectivity index (χ4v) is 4.77. The van der Waals surface area contributed by atoms with Crippen LogP contribution >= 0.6 is 0 Å². The lowest BCUT2D eigenvalue weighted by atomic mass is 10.1. The second-order valence-corrected chi connectivity index (χ2v) is 9.54. The molecule has 2 amide bonds. The van der Waals surface area contributed by atoms with Crippen LogP contribution < -0.4 is 19.7 Å². The van der Waals surface area contributed by atoms with E-state index in [0.29, 0.717) is 41.9 Å². The zero-order chi connectivity index (χ0) is 29.4. The third-order valence-corrected chi connectivity index (χ3v) is 6.85. The van der Waals surface area contributed by atoms with Gasteiger partial charge in [0.2, 0.25) is 17.8 Å². The number of imidazole rings is 1. The third kappa shape index (κ3) is 7.10. The van der Waals surface area contributed by atoms with Crippen molar-refractivity contribution in [2.75, 3.05) is 38.8 Å². The zero-order valence-electron chi connectivity index (χ0n) is 23.4. The molecule has 4 rings (SSSR count). The van der Waals surface area contributed by atoms with E-state index >= 15 is 0 Å². The van der Waals surface area contributed by atoms with Crippen molar-refractivity contribution in [1.82, 2.24) is 29.7 Å². The number of benzene rings is 1. The van der Waals surface area contributed by atoms with Gasteiger partial charge in [-0.2, -0.15) is 4.98 Å². The predicted octanol–water partition coefficient (Wildman–Crippen LogP) is 1.83. The lowest BCUT2D eigenvalue weighted by molar-refractivity contribution is -0.141. The summed E-state index contributed by atoms with van der Waals surface area (Å²) in [6.45, 7) is 2.90.